The summed E-state index contributed by atoms with van der Waals surface area (Å²) in [6, 6.07) is 29.7. The minimum absolute atomic E-state index is 0.183. The number of rotatable bonds is 8. The maximum atomic E-state index is 12.2. The molecule has 0 fully saturated rings. The first-order valence-corrected chi connectivity index (χ1v) is 10.8. The van der Waals surface area contributed by atoms with Crippen LogP contribution in [0, 0.1) is 0 Å². The zero-order valence-corrected chi connectivity index (χ0v) is 17.6. The van der Waals surface area contributed by atoms with Crippen LogP contribution in [-0.4, -0.2) is 32.6 Å². The first-order chi connectivity index (χ1) is 15.3. The molecular formula is C24H21N5OS. The number of nitrogens with one attached hydrogen (secondary N) is 1. The smallest absolute Gasteiger partial charge is 0.250 e. The summed E-state index contributed by atoms with van der Waals surface area (Å²) in [6.45, 7) is 0. The molecule has 0 spiro atoms. The van der Waals surface area contributed by atoms with Gasteiger partial charge in [-0.25, -0.2) is 5.43 Å². The fraction of sp³-hybridized carbons (Fsp3) is 0.0833. The van der Waals surface area contributed by atoms with E-state index >= 15 is 0 Å². The van der Waals surface area contributed by atoms with E-state index < -0.39 is 0 Å². The average molecular weight is 428 g/mol. The van der Waals surface area contributed by atoms with Gasteiger partial charge in [0.1, 0.15) is 5.82 Å². The Bertz CT molecular complexity index is 1140. The number of carbonyl (C=O) groups is 1. The molecule has 0 aliphatic rings. The monoisotopic (exact) mass is 427 g/mol. The maximum Gasteiger partial charge on any atom is 0.250 e. The molecular weight excluding hydrogens is 406 g/mol. The van der Waals surface area contributed by atoms with Gasteiger partial charge in [0.05, 0.1) is 12.0 Å². The number of amides is 1. The van der Waals surface area contributed by atoms with Crippen LogP contribution in [0.3, 0.4) is 0 Å². The van der Waals surface area contributed by atoms with Crippen LogP contribution in [0.25, 0.3) is 5.69 Å². The second kappa shape index (κ2) is 10.4. The second-order valence-corrected chi connectivity index (χ2v) is 7.67. The van der Waals surface area contributed by atoms with Crippen molar-refractivity contribution >= 4 is 23.9 Å². The van der Waals surface area contributed by atoms with Crippen molar-refractivity contribution < 1.29 is 4.79 Å². The van der Waals surface area contributed by atoms with Gasteiger partial charge < -0.3 is 0 Å². The predicted octanol–water partition coefficient (Wildman–Crippen LogP) is 4.10. The van der Waals surface area contributed by atoms with Gasteiger partial charge in [-0.1, -0.05) is 90.6 Å². The zero-order chi connectivity index (χ0) is 21.3. The van der Waals surface area contributed by atoms with Gasteiger partial charge in [-0.3, -0.25) is 9.36 Å². The molecule has 1 aromatic heterocycles. The number of nitrogens with zero attached hydrogens (tertiary/aromatic N) is 4. The molecule has 3 aromatic carbocycles. The fourth-order valence-corrected chi connectivity index (χ4v) is 3.77. The number of hydrogen-bond donors (Lipinski definition) is 1. The lowest BCUT2D eigenvalue weighted by Gasteiger charge is -2.10. The molecule has 0 unspecified atom stereocenters. The normalized spacial score (nSPS) is 11.0. The highest BCUT2D eigenvalue weighted by molar-refractivity contribution is 7.99. The molecule has 1 N–H and O–H groups in total. The maximum absolute atomic E-state index is 12.2. The lowest BCUT2D eigenvalue weighted by atomic mass is 10.1. The molecule has 0 atom stereocenters. The topological polar surface area (TPSA) is 72.2 Å². The van der Waals surface area contributed by atoms with Crippen molar-refractivity contribution in [3.63, 3.8) is 0 Å². The van der Waals surface area contributed by atoms with Crippen LogP contribution < -0.4 is 5.43 Å². The summed E-state index contributed by atoms with van der Waals surface area (Å²) >= 11 is 1.33. The summed E-state index contributed by atoms with van der Waals surface area (Å²) in [5, 5.41) is 13.4. The van der Waals surface area contributed by atoms with E-state index in [9.17, 15) is 4.79 Å². The van der Waals surface area contributed by atoms with Crippen LogP contribution in [0.5, 0.6) is 0 Å². The van der Waals surface area contributed by atoms with Gasteiger partial charge in [0.15, 0.2) is 5.16 Å². The molecule has 0 aliphatic carbocycles. The highest BCUT2D eigenvalue weighted by Crippen LogP contribution is 2.23. The molecule has 1 heterocycles. The SMILES string of the molecule is O=C(CSc1nnc(Cc2ccccc2)n1-c1ccccc1)N/N=C\c1ccccc1. The Labute approximate surface area is 185 Å². The number of para-hydroxylation sites is 1. The number of thioether (sulfide) groups is 1. The summed E-state index contributed by atoms with van der Waals surface area (Å²) in [6.07, 6.45) is 2.27. The van der Waals surface area contributed by atoms with Gasteiger partial charge in [0.2, 0.25) is 0 Å². The van der Waals surface area contributed by atoms with Gasteiger partial charge in [0, 0.05) is 12.1 Å². The highest BCUT2D eigenvalue weighted by atomic mass is 32.2. The van der Waals surface area contributed by atoms with E-state index in [1.54, 1.807) is 6.21 Å². The molecule has 4 rings (SSSR count). The van der Waals surface area contributed by atoms with Gasteiger partial charge in [-0.05, 0) is 23.3 Å². The Morgan fingerprint density at radius 3 is 2.26 bits per heavy atom. The molecule has 0 saturated carbocycles. The highest BCUT2D eigenvalue weighted by Gasteiger charge is 2.16. The molecule has 4 aromatic rings. The molecule has 0 bridgehead atoms. The first kappa shape index (κ1) is 20.6. The second-order valence-electron chi connectivity index (χ2n) is 6.72. The molecule has 0 aliphatic heterocycles. The van der Waals surface area contributed by atoms with E-state index in [0.29, 0.717) is 11.6 Å². The van der Waals surface area contributed by atoms with Gasteiger partial charge in [0.25, 0.3) is 5.91 Å². The molecule has 31 heavy (non-hydrogen) atoms. The van der Waals surface area contributed by atoms with Crippen LogP contribution in [0.4, 0.5) is 0 Å². The molecule has 0 saturated heterocycles. The van der Waals surface area contributed by atoms with Crippen molar-refractivity contribution in [3.05, 3.63) is 108 Å². The summed E-state index contributed by atoms with van der Waals surface area (Å²) in [4.78, 5) is 12.2. The van der Waals surface area contributed by atoms with Crippen molar-refractivity contribution in [2.45, 2.75) is 11.6 Å². The number of benzene rings is 3. The van der Waals surface area contributed by atoms with E-state index in [0.717, 1.165) is 22.6 Å². The zero-order valence-electron chi connectivity index (χ0n) is 16.8. The Kier molecular flexibility index (Phi) is 6.87. The lowest BCUT2D eigenvalue weighted by molar-refractivity contribution is -0.118. The largest absolute Gasteiger partial charge is 0.274 e. The van der Waals surface area contributed by atoms with Gasteiger partial charge in [-0.15, -0.1) is 10.2 Å². The quantitative estimate of drug-likeness (QED) is 0.261. The summed E-state index contributed by atoms with van der Waals surface area (Å²) < 4.78 is 2.00. The third-order valence-electron chi connectivity index (χ3n) is 4.45. The van der Waals surface area contributed by atoms with E-state index in [1.807, 2.05) is 83.4 Å². The third-order valence-corrected chi connectivity index (χ3v) is 5.38. The van der Waals surface area contributed by atoms with E-state index in [-0.39, 0.29) is 11.7 Å². The van der Waals surface area contributed by atoms with Gasteiger partial charge >= 0.3 is 0 Å². The van der Waals surface area contributed by atoms with Crippen LogP contribution >= 0.6 is 11.8 Å². The van der Waals surface area contributed by atoms with Crippen LogP contribution in [0.2, 0.25) is 0 Å². The van der Waals surface area contributed by atoms with E-state index in [2.05, 4.69) is 32.9 Å². The third kappa shape index (κ3) is 5.67. The predicted molar refractivity (Wildman–Crippen MR) is 124 cm³/mol. The number of carbonyl (C=O) groups excluding carboxylic acids is 1. The summed E-state index contributed by atoms with van der Waals surface area (Å²) in [7, 11) is 0. The average Bonchev–Trinajstić information content (AvgIpc) is 3.22. The van der Waals surface area contributed by atoms with Crippen molar-refractivity contribution in [1.82, 2.24) is 20.2 Å². The van der Waals surface area contributed by atoms with Crippen LogP contribution in [0.1, 0.15) is 17.0 Å². The Hall–Kier alpha value is -3.71. The van der Waals surface area contributed by atoms with Crippen molar-refractivity contribution in [1.29, 1.82) is 0 Å². The van der Waals surface area contributed by atoms with Crippen molar-refractivity contribution in [2.75, 3.05) is 5.75 Å². The molecule has 1 amide bonds. The number of aromatic nitrogens is 3. The number of hydrazone groups is 1. The Morgan fingerprint density at radius 1 is 0.903 bits per heavy atom. The Balaban J connectivity index is 1.46. The molecule has 6 nitrogen and oxygen atoms in total. The van der Waals surface area contributed by atoms with Crippen LogP contribution in [0.15, 0.2) is 101 Å². The van der Waals surface area contributed by atoms with Crippen LogP contribution in [-0.2, 0) is 11.2 Å². The first-order valence-electron chi connectivity index (χ1n) is 9.83. The minimum atomic E-state index is -0.204. The number of hydrogen-bond acceptors (Lipinski definition) is 5. The minimum Gasteiger partial charge on any atom is -0.274 e. The molecule has 154 valence electrons. The van der Waals surface area contributed by atoms with E-state index in [1.165, 1.54) is 11.8 Å². The van der Waals surface area contributed by atoms with Crippen molar-refractivity contribution in [3.8, 4) is 5.69 Å². The Morgan fingerprint density at radius 2 is 1.55 bits per heavy atom. The van der Waals surface area contributed by atoms with Crippen molar-refractivity contribution in [2.24, 2.45) is 5.10 Å². The van der Waals surface area contributed by atoms with Gasteiger partial charge in [-0.2, -0.15) is 5.10 Å². The van der Waals surface area contributed by atoms with E-state index in [4.69, 9.17) is 0 Å². The summed E-state index contributed by atoms with van der Waals surface area (Å²) in [5.41, 5.74) is 5.59. The molecule has 7 heteroatoms. The summed E-state index contributed by atoms with van der Waals surface area (Å²) in [5.74, 6) is 0.800. The lowest BCUT2D eigenvalue weighted by Crippen LogP contribution is -2.20. The molecule has 0 radical (unpaired) electrons. The standard InChI is InChI=1S/C24H21N5OS/c30-23(27-25-17-20-12-6-2-7-13-20)18-31-24-28-26-22(16-19-10-4-1-5-11-19)29(24)21-14-8-3-9-15-21/h1-15,17H,16,18H2,(H,27,30)/b25-17-. The fourth-order valence-electron chi connectivity index (χ4n) is 3.00.